The number of aromatic nitrogens is 2. The van der Waals surface area contributed by atoms with E-state index in [0.717, 1.165) is 91.7 Å². The first-order chi connectivity index (χ1) is 18.9. The topological polar surface area (TPSA) is 93.5 Å². The number of anilines is 1. The van der Waals surface area contributed by atoms with Gasteiger partial charge in [0.25, 0.3) is 5.56 Å². The average Bonchev–Trinajstić information content (AvgIpc) is 3.63. The zero-order chi connectivity index (χ0) is 27.1. The van der Waals surface area contributed by atoms with Gasteiger partial charge in [-0.3, -0.25) is 19.1 Å². The number of aryl methyl sites for hydroxylation is 2. The molecule has 1 atom stereocenters. The van der Waals surface area contributed by atoms with Crippen LogP contribution in [0.3, 0.4) is 0 Å². The summed E-state index contributed by atoms with van der Waals surface area (Å²) in [5.74, 6) is 0.478. The molecular formula is C29H36N4O4S2. The first-order valence-corrected chi connectivity index (χ1v) is 15.9. The number of nitrogens with zero attached hydrogens (tertiary/aromatic N) is 3. The summed E-state index contributed by atoms with van der Waals surface area (Å²) in [6, 6.07) is 0. The molecule has 6 rings (SSSR count). The number of ether oxygens (including phenoxy) is 1. The molecule has 2 aliphatic carbocycles. The molecule has 0 radical (unpaired) electrons. The highest BCUT2D eigenvalue weighted by atomic mass is 32.1. The molecule has 1 saturated heterocycles. The van der Waals surface area contributed by atoms with Gasteiger partial charge in [-0.1, -0.05) is 6.92 Å². The summed E-state index contributed by atoms with van der Waals surface area (Å²) in [4.78, 5) is 51.0. The van der Waals surface area contributed by atoms with E-state index in [4.69, 9.17) is 9.72 Å². The van der Waals surface area contributed by atoms with Crippen LogP contribution in [0, 0.1) is 5.92 Å². The lowest BCUT2D eigenvalue weighted by molar-refractivity contribution is -0.116. The van der Waals surface area contributed by atoms with Gasteiger partial charge in [0.1, 0.15) is 22.2 Å². The second-order valence-electron chi connectivity index (χ2n) is 11.1. The van der Waals surface area contributed by atoms with Crippen molar-refractivity contribution in [3.63, 3.8) is 0 Å². The molecule has 4 heterocycles. The Bertz CT molecular complexity index is 1480. The number of amides is 1. The number of rotatable bonds is 7. The zero-order valence-corrected chi connectivity index (χ0v) is 24.4. The monoisotopic (exact) mass is 568 g/mol. The maximum absolute atomic E-state index is 14.0. The van der Waals surface area contributed by atoms with Crippen molar-refractivity contribution in [3.8, 4) is 0 Å². The van der Waals surface area contributed by atoms with E-state index >= 15 is 0 Å². The lowest BCUT2D eigenvalue weighted by atomic mass is 9.88. The van der Waals surface area contributed by atoms with Gasteiger partial charge in [-0.2, -0.15) is 0 Å². The van der Waals surface area contributed by atoms with Crippen molar-refractivity contribution in [1.29, 1.82) is 0 Å². The predicted octanol–water partition coefficient (Wildman–Crippen LogP) is 4.93. The van der Waals surface area contributed by atoms with Crippen LogP contribution in [0.15, 0.2) is 4.79 Å². The van der Waals surface area contributed by atoms with E-state index in [0.29, 0.717) is 34.2 Å². The average molecular weight is 569 g/mol. The molecule has 0 spiro atoms. The third-order valence-corrected chi connectivity index (χ3v) is 10.6. The van der Waals surface area contributed by atoms with E-state index in [1.165, 1.54) is 16.2 Å². The molecule has 208 valence electrons. The second-order valence-corrected chi connectivity index (χ2v) is 13.3. The number of thiophene rings is 2. The maximum Gasteiger partial charge on any atom is 0.341 e. The molecule has 1 aliphatic heterocycles. The Kier molecular flexibility index (Phi) is 7.61. The van der Waals surface area contributed by atoms with Crippen LogP contribution in [-0.2, 0) is 48.3 Å². The van der Waals surface area contributed by atoms with Crippen molar-refractivity contribution >= 4 is 49.8 Å². The third kappa shape index (κ3) is 5.18. The van der Waals surface area contributed by atoms with Gasteiger partial charge < -0.3 is 10.1 Å². The molecule has 8 nitrogen and oxygen atoms in total. The molecule has 0 aromatic carbocycles. The molecule has 3 aliphatic rings. The Balaban J connectivity index is 1.35. The number of hydrogen-bond donors (Lipinski definition) is 1. The minimum atomic E-state index is -0.389. The van der Waals surface area contributed by atoms with Crippen LogP contribution in [0.25, 0.3) is 10.2 Å². The van der Waals surface area contributed by atoms with E-state index in [1.54, 1.807) is 22.8 Å². The summed E-state index contributed by atoms with van der Waals surface area (Å²) in [5, 5.41) is 4.23. The van der Waals surface area contributed by atoms with E-state index in [1.807, 2.05) is 0 Å². The number of nitrogens with one attached hydrogen (secondary N) is 1. The van der Waals surface area contributed by atoms with Crippen molar-refractivity contribution in [3.05, 3.63) is 42.6 Å². The van der Waals surface area contributed by atoms with Gasteiger partial charge in [-0.25, -0.2) is 9.78 Å². The van der Waals surface area contributed by atoms with Crippen LogP contribution < -0.4 is 10.9 Å². The Hall–Kier alpha value is -2.56. The lowest BCUT2D eigenvalue weighted by Crippen LogP contribution is -2.34. The minimum Gasteiger partial charge on any atom is -0.462 e. The summed E-state index contributed by atoms with van der Waals surface area (Å²) in [6.45, 7) is 6.66. The summed E-state index contributed by atoms with van der Waals surface area (Å²) in [6.07, 6.45) is 9.09. The van der Waals surface area contributed by atoms with Crippen LogP contribution >= 0.6 is 22.7 Å². The number of carbonyl (C=O) groups excluding carboxylic acids is 2. The van der Waals surface area contributed by atoms with Crippen molar-refractivity contribution in [1.82, 2.24) is 14.5 Å². The van der Waals surface area contributed by atoms with Crippen LogP contribution in [0.2, 0.25) is 0 Å². The highest BCUT2D eigenvalue weighted by Crippen LogP contribution is 2.40. The Labute approximate surface area is 236 Å². The zero-order valence-electron chi connectivity index (χ0n) is 22.8. The highest BCUT2D eigenvalue weighted by Gasteiger charge is 2.30. The van der Waals surface area contributed by atoms with Crippen LogP contribution in [0.4, 0.5) is 5.00 Å². The molecular weight excluding hydrogens is 532 g/mol. The molecule has 1 unspecified atom stereocenters. The first-order valence-electron chi connectivity index (χ1n) is 14.3. The Morgan fingerprint density at radius 2 is 1.85 bits per heavy atom. The van der Waals surface area contributed by atoms with Gasteiger partial charge in [-0.15, -0.1) is 22.7 Å². The van der Waals surface area contributed by atoms with E-state index in [9.17, 15) is 14.4 Å². The first kappa shape index (κ1) is 26.7. The fourth-order valence-corrected chi connectivity index (χ4v) is 8.96. The summed E-state index contributed by atoms with van der Waals surface area (Å²) in [5.41, 5.74) is 2.51. The fourth-order valence-electron chi connectivity index (χ4n) is 6.27. The van der Waals surface area contributed by atoms with E-state index in [2.05, 4.69) is 17.1 Å². The summed E-state index contributed by atoms with van der Waals surface area (Å²) >= 11 is 3.12. The van der Waals surface area contributed by atoms with Crippen LogP contribution in [-0.4, -0.2) is 46.0 Å². The number of esters is 1. The van der Waals surface area contributed by atoms with Gasteiger partial charge in [-0.05, 0) is 94.8 Å². The normalized spacial score (nSPS) is 19.2. The number of carbonyl (C=O) groups is 2. The molecule has 0 saturated carbocycles. The quantitative estimate of drug-likeness (QED) is 0.406. The van der Waals surface area contributed by atoms with Gasteiger partial charge in [0.05, 0.1) is 24.1 Å². The molecule has 1 fully saturated rings. The molecule has 0 bridgehead atoms. The van der Waals surface area contributed by atoms with Crippen LogP contribution in [0.1, 0.15) is 83.0 Å². The van der Waals surface area contributed by atoms with Crippen molar-refractivity contribution < 1.29 is 14.3 Å². The van der Waals surface area contributed by atoms with Gasteiger partial charge in [0.15, 0.2) is 0 Å². The molecule has 1 amide bonds. The van der Waals surface area contributed by atoms with Crippen LogP contribution in [0.5, 0.6) is 0 Å². The number of fused-ring (bicyclic) bond motifs is 4. The molecule has 10 heteroatoms. The minimum absolute atomic E-state index is 0.117. The lowest BCUT2D eigenvalue weighted by Gasteiger charge is -2.19. The van der Waals surface area contributed by atoms with Crippen molar-refractivity contribution in [2.75, 3.05) is 25.0 Å². The predicted molar refractivity (Wildman–Crippen MR) is 155 cm³/mol. The van der Waals surface area contributed by atoms with Gasteiger partial charge in [0, 0.05) is 9.75 Å². The molecule has 1 N–H and O–H groups in total. The number of likely N-dealkylation sites (tertiary alicyclic amines) is 1. The van der Waals surface area contributed by atoms with Crippen molar-refractivity contribution in [2.24, 2.45) is 5.92 Å². The standard InChI is InChI=1S/C29H36N4O4S2/c1-3-37-29(36)25-19-11-10-17(2)14-21(19)39-27(25)31-23(34)16-33-22(15-32-12-6-7-13-32)30-26-24(28(33)35)18-8-4-5-9-20(18)38-26/h17H,3-16H2,1-2H3,(H,31,34). The van der Waals surface area contributed by atoms with Gasteiger partial charge in [0.2, 0.25) is 5.91 Å². The maximum atomic E-state index is 14.0. The summed E-state index contributed by atoms with van der Waals surface area (Å²) < 4.78 is 6.95. The SMILES string of the molecule is CCOC(=O)c1c(NC(=O)Cn2c(CN3CCCC3)nc3sc4c(c3c2=O)CCCC4)sc2c1CCC(C)C2. The molecule has 3 aromatic heterocycles. The summed E-state index contributed by atoms with van der Waals surface area (Å²) in [7, 11) is 0. The molecule has 39 heavy (non-hydrogen) atoms. The van der Waals surface area contributed by atoms with E-state index in [-0.39, 0.29) is 30.6 Å². The van der Waals surface area contributed by atoms with Crippen molar-refractivity contribution in [2.45, 2.75) is 84.7 Å². The van der Waals surface area contributed by atoms with E-state index < -0.39 is 0 Å². The molecule has 3 aromatic rings. The largest absolute Gasteiger partial charge is 0.462 e. The Morgan fingerprint density at radius 1 is 1.05 bits per heavy atom. The smallest absolute Gasteiger partial charge is 0.341 e. The third-order valence-electron chi connectivity index (χ3n) is 8.26. The highest BCUT2D eigenvalue weighted by molar-refractivity contribution is 7.18. The Morgan fingerprint density at radius 3 is 2.64 bits per heavy atom. The number of hydrogen-bond acceptors (Lipinski definition) is 8. The van der Waals surface area contributed by atoms with Gasteiger partial charge >= 0.3 is 5.97 Å². The fraction of sp³-hybridized carbons (Fsp3) is 0.586. The second kappa shape index (κ2) is 11.1.